The van der Waals surface area contributed by atoms with Crippen molar-refractivity contribution in [3.63, 3.8) is 0 Å². The highest BCUT2D eigenvalue weighted by Gasteiger charge is 2.18. The summed E-state index contributed by atoms with van der Waals surface area (Å²) in [5.41, 5.74) is 16.4. The van der Waals surface area contributed by atoms with Gasteiger partial charge in [0.1, 0.15) is 90.9 Å². The van der Waals surface area contributed by atoms with E-state index < -0.39 is 11.9 Å². The number of hydrogen-bond acceptors (Lipinski definition) is 17. The Hall–Kier alpha value is -15.6. The highest BCUT2D eigenvalue weighted by molar-refractivity contribution is 5.92. The maximum Gasteiger partial charge on any atom is 0.341 e. The Bertz CT molecular complexity index is 6420. The molecular weight excluding hydrogens is 1570 g/mol. The third-order valence-corrected chi connectivity index (χ3v) is 19.6. The van der Waals surface area contributed by atoms with Gasteiger partial charge in [-0.15, -0.1) is 0 Å². The van der Waals surface area contributed by atoms with Gasteiger partial charge < -0.3 is 47.8 Å². The number of ether oxygens (including phenoxy) is 7. The maximum absolute atomic E-state index is 12.0. The zero-order chi connectivity index (χ0) is 84.2. The van der Waals surface area contributed by atoms with Gasteiger partial charge in [-0.05, 0) is 187 Å². The van der Waals surface area contributed by atoms with Crippen molar-refractivity contribution in [2.75, 3.05) is 13.7 Å². The highest BCUT2D eigenvalue weighted by atomic mass is 16.5. The molecule has 20 heteroatoms. The molecule has 17 rings (SSSR count). The van der Waals surface area contributed by atoms with Crippen molar-refractivity contribution in [1.29, 1.82) is 0 Å². The van der Waals surface area contributed by atoms with E-state index in [4.69, 9.17) is 47.8 Å². The molecule has 0 fully saturated rings. The number of para-hydroxylation sites is 4. The summed E-state index contributed by atoms with van der Waals surface area (Å²) in [4.78, 5) is 56.5. The zero-order valence-electron chi connectivity index (χ0n) is 67.4. The number of nitrogens with one attached hydrogen (secondary N) is 1. The molecule has 6 aromatic heterocycles. The molecule has 0 radical (unpaired) electrons. The number of benzene rings is 11. The molecule has 0 aliphatic rings. The van der Waals surface area contributed by atoms with Gasteiger partial charge in [0.2, 0.25) is 0 Å². The molecule has 0 unspecified atom stereocenters. The molecule has 3 N–H and O–H groups in total. The predicted octanol–water partition coefficient (Wildman–Crippen LogP) is 23.5. The van der Waals surface area contributed by atoms with Crippen molar-refractivity contribution in [3.05, 3.63) is 395 Å². The second-order valence-corrected chi connectivity index (χ2v) is 28.3. The van der Waals surface area contributed by atoms with Gasteiger partial charge in [0, 0.05) is 38.7 Å². The van der Waals surface area contributed by atoms with E-state index >= 15 is 0 Å². The number of pyridine rings is 4. The van der Waals surface area contributed by atoms with Crippen LogP contribution in [0.5, 0.6) is 34.5 Å². The first-order valence-electron chi connectivity index (χ1n) is 39.7. The summed E-state index contributed by atoms with van der Waals surface area (Å²) in [7, 11) is 1.69. The minimum atomic E-state index is -0.838. The normalized spacial score (nSPS) is 10.6. The molecule has 0 amide bonds. The number of aromatic nitrogens is 7. The first kappa shape index (κ1) is 90.2. The second kappa shape index (κ2) is 45.2. The number of fused-ring (bicyclic) bond motifs is 4. The number of aromatic amines is 1. The van der Waals surface area contributed by atoms with Crippen molar-refractivity contribution < 1.29 is 62.2 Å². The van der Waals surface area contributed by atoms with Crippen LogP contribution in [0, 0.1) is 6.92 Å². The van der Waals surface area contributed by atoms with Crippen molar-refractivity contribution in [1.82, 2.24) is 35.1 Å². The number of H-pyrrole nitrogens is 1. The average Bonchev–Trinajstić information content (AvgIpc) is 1.79. The fourth-order valence-corrected chi connectivity index (χ4v) is 13.3. The molecule has 6 heterocycles. The van der Waals surface area contributed by atoms with Crippen LogP contribution in [-0.4, -0.2) is 77.0 Å². The first-order chi connectivity index (χ1) is 59.7. The summed E-state index contributed by atoms with van der Waals surface area (Å²) in [6, 6.07) is 102. The predicted molar refractivity (Wildman–Crippen MR) is 493 cm³/mol. The molecule has 0 saturated carbocycles. The molecule has 125 heavy (non-hydrogen) atoms. The van der Waals surface area contributed by atoms with Crippen LogP contribution in [0.4, 0.5) is 0 Å². The summed E-state index contributed by atoms with van der Waals surface area (Å²) >= 11 is 0. The molecule has 632 valence electrons. The molecular formula is C105H99N7O13. The number of nitrogens with zero attached hydrogens (tertiary/aromatic N) is 6. The summed E-state index contributed by atoms with van der Waals surface area (Å²) < 4.78 is 45.9. The fourth-order valence-electron chi connectivity index (χ4n) is 13.3. The van der Waals surface area contributed by atoms with Crippen LogP contribution in [0.25, 0.3) is 78.5 Å². The van der Waals surface area contributed by atoms with Crippen molar-refractivity contribution in [2.24, 2.45) is 0 Å². The SMILES string of the molecule is C.C.C.CCOC(=O)c1cc(-c2ccc(OCc3ccc4ccccc4n3)cc2)oc1C.COc1cc(-c2ncn[nH]2)ccc1CCc1cccc(OCc2ccc3ccccc3n2)c1.O=C(O)Cc1ccc(COc2cccc(OCc3ccc4ccccc4n3)c2)cc1.O=C(O)Cc1ccccc1/C=C/c1ccc(OCc2ccc3ccccc3n2)cc1. The van der Waals surface area contributed by atoms with Gasteiger partial charge in [0.25, 0.3) is 0 Å². The third kappa shape index (κ3) is 26.0. The van der Waals surface area contributed by atoms with Crippen LogP contribution in [0.2, 0.25) is 0 Å². The summed E-state index contributed by atoms with van der Waals surface area (Å²) in [5, 5.41) is 29.1. The van der Waals surface area contributed by atoms with Crippen LogP contribution in [0.1, 0.15) is 107 Å². The molecule has 0 bridgehead atoms. The molecule has 0 atom stereocenters. The summed E-state index contributed by atoms with van der Waals surface area (Å²) in [6.45, 7) is 5.86. The minimum absolute atomic E-state index is 0. The van der Waals surface area contributed by atoms with E-state index in [2.05, 4.69) is 71.5 Å². The fraction of sp³-hybridized carbons (Fsp3) is 0.152. The third-order valence-electron chi connectivity index (χ3n) is 19.6. The van der Waals surface area contributed by atoms with E-state index in [0.717, 1.165) is 153 Å². The van der Waals surface area contributed by atoms with Gasteiger partial charge in [0.05, 0.1) is 71.4 Å². The van der Waals surface area contributed by atoms with Gasteiger partial charge in [-0.25, -0.2) is 29.7 Å². The largest absolute Gasteiger partial charge is 0.496 e. The van der Waals surface area contributed by atoms with Crippen LogP contribution in [0.3, 0.4) is 0 Å². The highest BCUT2D eigenvalue weighted by Crippen LogP contribution is 2.31. The number of hydrogen-bond donors (Lipinski definition) is 3. The Balaban J connectivity index is 0.000000161. The van der Waals surface area contributed by atoms with Crippen molar-refractivity contribution in [2.45, 2.75) is 94.8 Å². The average molecular weight is 1670 g/mol. The smallest absolute Gasteiger partial charge is 0.341 e. The number of carbonyl (C=O) groups is 3. The quantitative estimate of drug-likeness (QED) is 0.0291. The van der Waals surface area contributed by atoms with E-state index in [-0.39, 0.29) is 41.1 Å². The molecule has 0 aliphatic carbocycles. The van der Waals surface area contributed by atoms with E-state index in [1.54, 1.807) is 27.0 Å². The standard InChI is InChI=1S/C27H24N4O2.C26H21NO3.C25H21NO4.C24H21NO4.3CH4/c1-32-26-16-22(27-28-18-29-31-27)12-11-21(26)10-9-19-5-4-7-24(15-19)33-17-23-14-13-20-6-2-3-8-25(20)30-23;28-26(29)17-22-7-2-1-5-20(22)12-9-19-10-15-24(16-11-19)30-18-23-14-13-21-6-3-4-8-25(21)27-23;27-25(28)14-18-8-10-19(11-9-18)16-29-22-5-3-6-23(15-22)30-17-21-13-12-20-4-1-2-7-24(20)26-21;1-3-27-24(26)21-14-23(29-16(21)2)18-9-12-20(13-10-18)28-15-19-11-8-17-6-4-5-7-22(17)25-19;;;/h2-8,11-16,18H,9-10,17H2,1H3,(H,28,29,31);1-16H,17-18H2,(H,28,29);1-13,15H,14,16-17H2,(H,27,28);4-14H,3,15H2,1-2H3;3*1H4/b;12-9+;;;;;. The summed E-state index contributed by atoms with van der Waals surface area (Å²) in [5.74, 6) is 4.45. The Morgan fingerprint density at radius 1 is 0.408 bits per heavy atom. The van der Waals surface area contributed by atoms with Crippen LogP contribution in [0.15, 0.2) is 326 Å². The number of carboxylic acid groups (broad SMARTS) is 2. The molecule has 0 spiro atoms. The molecule has 11 aromatic carbocycles. The molecule has 0 saturated heterocycles. The Labute approximate surface area is 727 Å². The van der Waals surface area contributed by atoms with Gasteiger partial charge in [0.15, 0.2) is 5.82 Å². The number of rotatable bonds is 29. The Kier molecular flexibility index (Phi) is 32.6. The van der Waals surface area contributed by atoms with Gasteiger partial charge >= 0.3 is 17.9 Å². The minimum Gasteiger partial charge on any atom is -0.496 e. The maximum atomic E-state index is 12.0. The lowest BCUT2D eigenvalue weighted by molar-refractivity contribution is -0.137. The molecule has 20 nitrogen and oxygen atoms in total. The monoisotopic (exact) mass is 1670 g/mol. The van der Waals surface area contributed by atoms with Crippen molar-refractivity contribution >= 4 is 73.7 Å². The zero-order valence-corrected chi connectivity index (χ0v) is 67.4. The van der Waals surface area contributed by atoms with Crippen LogP contribution < -0.4 is 28.4 Å². The van der Waals surface area contributed by atoms with Gasteiger partial charge in [-0.1, -0.05) is 222 Å². The Morgan fingerprint density at radius 2 is 0.872 bits per heavy atom. The lowest BCUT2D eigenvalue weighted by Gasteiger charge is -2.11. The summed E-state index contributed by atoms with van der Waals surface area (Å²) in [6.07, 6.45) is 7.17. The lowest BCUT2D eigenvalue weighted by atomic mass is 10.0. The number of carbonyl (C=O) groups excluding carboxylic acids is 1. The lowest BCUT2D eigenvalue weighted by Crippen LogP contribution is -2.04. The topological polar surface area (TPSA) is 263 Å². The number of methoxy groups -OCH3 is 1. The Morgan fingerprint density at radius 3 is 1.38 bits per heavy atom. The molecule has 0 aliphatic heterocycles. The van der Waals surface area contributed by atoms with Crippen LogP contribution in [-0.2, 0) is 73.0 Å². The second-order valence-electron chi connectivity index (χ2n) is 28.3. The van der Waals surface area contributed by atoms with Gasteiger partial charge in [-0.3, -0.25) is 14.7 Å². The number of aliphatic carboxylic acids is 2. The van der Waals surface area contributed by atoms with E-state index in [1.165, 1.54) is 11.9 Å². The number of esters is 1. The van der Waals surface area contributed by atoms with Gasteiger partial charge in [-0.2, -0.15) is 5.10 Å². The number of carboxylic acids is 2. The molecule has 17 aromatic rings. The van der Waals surface area contributed by atoms with E-state index in [9.17, 15) is 14.4 Å². The van der Waals surface area contributed by atoms with Crippen LogP contribution >= 0.6 is 0 Å². The number of aryl methyl sites for hydroxylation is 3. The van der Waals surface area contributed by atoms with Crippen molar-refractivity contribution in [3.8, 4) is 57.2 Å². The first-order valence-corrected chi connectivity index (χ1v) is 39.7. The van der Waals surface area contributed by atoms with E-state index in [1.807, 2.05) is 285 Å². The van der Waals surface area contributed by atoms with E-state index in [0.29, 0.717) is 68.2 Å². The number of furan rings is 1.